The number of benzene rings is 2. The Bertz CT molecular complexity index is 1160. The first-order chi connectivity index (χ1) is 17.6. The van der Waals surface area contributed by atoms with Gasteiger partial charge in [0.15, 0.2) is 0 Å². The topological polar surface area (TPSA) is 80.8 Å². The van der Waals surface area contributed by atoms with Gasteiger partial charge >= 0.3 is 0 Å². The fourth-order valence-electron chi connectivity index (χ4n) is 4.64. The highest BCUT2D eigenvalue weighted by Crippen LogP contribution is 2.33. The minimum atomic E-state index is -0.937. The summed E-state index contributed by atoms with van der Waals surface area (Å²) in [6, 6.07) is 18.9. The monoisotopic (exact) mass is 487 g/mol. The normalized spacial score (nSPS) is 14.5. The van der Waals surface area contributed by atoms with E-state index in [0.717, 1.165) is 25.7 Å². The van der Waals surface area contributed by atoms with E-state index in [4.69, 9.17) is 9.47 Å². The van der Waals surface area contributed by atoms with Crippen LogP contribution in [0.15, 0.2) is 72.9 Å². The molecule has 0 bridgehead atoms. The number of hydrogen-bond acceptors (Lipinski definition) is 5. The number of aromatic nitrogens is 1. The number of nitrogens with zero attached hydrogens (tertiary/aromatic N) is 2. The fraction of sp³-hybridized carbons (Fsp3) is 0.345. The van der Waals surface area contributed by atoms with Gasteiger partial charge in [0.05, 0.1) is 13.7 Å². The number of nitrogens with one attached hydrogen (secondary N) is 1. The number of anilines is 1. The third-order valence-corrected chi connectivity index (χ3v) is 6.38. The number of rotatable bonds is 9. The average Bonchev–Trinajstić information content (AvgIpc) is 2.92. The second-order valence-corrected chi connectivity index (χ2v) is 8.84. The first-order valence-electron chi connectivity index (χ1n) is 12.5. The summed E-state index contributed by atoms with van der Waals surface area (Å²) in [5, 5.41) is 3.23. The van der Waals surface area contributed by atoms with Gasteiger partial charge in [0.1, 0.15) is 23.2 Å². The molecule has 1 aliphatic rings. The Balaban J connectivity index is 1.83. The van der Waals surface area contributed by atoms with Gasteiger partial charge in [-0.05, 0) is 61.7 Å². The Labute approximate surface area is 212 Å². The van der Waals surface area contributed by atoms with E-state index >= 15 is 0 Å². The first-order valence-corrected chi connectivity index (χ1v) is 12.5. The number of carbonyl (C=O) groups excluding carboxylic acids is 2. The maximum atomic E-state index is 14.0. The van der Waals surface area contributed by atoms with Gasteiger partial charge in [-0.15, -0.1) is 0 Å². The third kappa shape index (κ3) is 6.03. The molecule has 1 heterocycles. The fourth-order valence-corrected chi connectivity index (χ4v) is 4.64. The maximum Gasteiger partial charge on any atom is 0.277 e. The lowest BCUT2D eigenvalue weighted by atomic mass is 9.94. The van der Waals surface area contributed by atoms with E-state index in [9.17, 15) is 9.59 Å². The largest absolute Gasteiger partial charge is 0.497 e. The number of ether oxygens (including phenoxy) is 2. The number of hydrogen-bond donors (Lipinski definition) is 1. The zero-order valence-corrected chi connectivity index (χ0v) is 20.9. The SMILES string of the molecule is CCOc1cccc(N(C(=O)c2ccccn2)[C@H](C(=O)NC2CCCCC2)c2cccc(OC)c2)c1. The van der Waals surface area contributed by atoms with Gasteiger partial charge < -0.3 is 14.8 Å². The summed E-state index contributed by atoms with van der Waals surface area (Å²) in [5.74, 6) is 0.610. The van der Waals surface area contributed by atoms with Crippen molar-refractivity contribution in [3.05, 3.63) is 84.2 Å². The molecule has 1 aromatic heterocycles. The van der Waals surface area contributed by atoms with Crippen molar-refractivity contribution < 1.29 is 19.1 Å². The van der Waals surface area contributed by atoms with E-state index in [0.29, 0.717) is 29.4 Å². The summed E-state index contributed by atoms with van der Waals surface area (Å²) >= 11 is 0. The van der Waals surface area contributed by atoms with Crippen molar-refractivity contribution in [1.29, 1.82) is 0 Å². The molecule has 0 unspecified atom stereocenters. The summed E-state index contributed by atoms with van der Waals surface area (Å²) in [7, 11) is 1.58. The summed E-state index contributed by atoms with van der Waals surface area (Å²) in [6.45, 7) is 2.39. The third-order valence-electron chi connectivity index (χ3n) is 6.38. The van der Waals surface area contributed by atoms with Crippen LogP contribution in [0, 0.1) is 0 Å². The van der Waals surface area contributed by atoms with Crippen LogP contribution >= 0.6 is 0 Å². The Morgan fingerprint density at radius 3 is 2.50 bits per heavy atom. The van der Waals surface area contributed by atoms with Gasteiger partial charge in [-0.25, -0.2) is 0 Å². The highest BCUT2D eigenvalue weighted by molar-refractivity contribution is 6.09. The van der Waals surface area contributed by atoms with E-state index in [1.54, 1.807) is 43.6 Å². The zero-order chi connectivity index (χ0) is 25.3. The molecule has 7 heteroatoms. The van der Waals surface area contributed by atoms with Crippen molar-refractivity contribution in [3.63, 3.8) is 0 Å². The molecule has 1 aliphatic carbocycles. The lowest BCUT2D eigenvalue weighted by molar-refractivity contribution is -0.123. The Morgan fingerprint density at radius 1 is 1.00 bits per heavy atom. The molecule has 2 amide bonds. The molecule has 4 rings (SSSR count). The van der Waals surface area contributed by atoms with Crippen molar-refractivity contribution >= 4 is 17.5 Å². The predicted octanol–water partition coefficient (Wildman–Crippen LogP) is 5.33. The highest BCUT2D eigenvalue weighted by Gasteiger charge is 2.35. The predicted molar refractivity (Wildman–Crippen MR) is 139 cm³/mol. The molecule has 1 saturated carbocycles. The molecule has 2 aromatic carbocycles. The van der Waals surface area contributed by atoms with Crippen LogP contribution in [0.3, 0.4) is 0 Å². The van der Waals surface area contributed by atoms with Crippen LogP contribution in [-0.4, -0.2) is 36.6 Å². The van der Waals surface area contributed by atoms with Crippen LogP contribution in [0.1, 0.15) is 61.1 Å². The minimum absolute atomic E-state index is 0.0842. The van der Waals surface area contributed by atoms with Crippen LogP contribution < -0.4 is 19.7 Å². The number of pyridine rings is 1. The smallest absolute Gasteiger partial charge is 0.277 e. The number of methoxy groups -OCH3 is 1. The minimum Gasteiger partial charge on any atom is -0.497 e. The molecule has 36 heavy (non-hydrogen) atoms. The van der Waals surface area contributed by atoms with E-state index in [1.807, 2.05) is 43.3 Å². The van der Waals surface area contributed by atoms with Crippen LogP contribution in [0.5, 0.6) is 11.5 Å². The second kappa shape index (κ2) is 12.2. The van der Waals surface area contributed by atoms with Crippen molar-refractivity contribution in [2.75, 3.05) is 18.6 Å². The van der Waals surface area contributed by atoms with Crippen molar-refractivity contribution in [2.45, 2.75) is 51.1 Å². The lowest BCUT2D eigenvalue weighted by Gasteiger charge is -2.33. The van der Waals surface area contributed by atoms with Gasteiger partial charge in [-0.1, -0.05) is 43.5 Å². The zero-order valence-electron chi connectivity index (χ0n) is 20.9. The molecule has 1 fully saturated rings. The molecule has 1 N–H and O–H groups in total. The molecule has 7 nitrogen and oxygen atoms in total. The molecular weight excluding hydrogens is 454 g/mol. The van der Waals surface area contributed by atoms with Crippen LogP contribution in [-0.2, 0) is 4.79 Å². The number of carbonyl (C=O) groups is 2. The van der Waals surface area contributed by atoms with Crippen molar-refractivity contribution in [1.82, 2.24) is 10.3 Å². The highest BCUT2D eigenvalue weighted by atomic mass is 16.5. The van der Waals surface area contributed by atoms with Crippen LogP contribution in [0.2, 0.25) is 0 Å². The van der Waals surface area contributed by atoms with Crippen LogP contribution in [0.25, 0.3) is 0 Å². The quantitative estimate of drug-likeness (QED) is 0.442. The van der Waals surface area contributed by atoms with E-state index < -0.39 is 6.04 Å². The molecule has 0 aliphatic heterocycles. The summed E-state index contributed by atoms with van der Waals surface area (Å²) in [6.07, 6.45) is 6.80. The number of amides is 2. The molecule has 188 valence electrons. The van der Waals surface area contributed by atoms with E-state index in [2.05, 4.69) is 10.3 Å². The van der Waals surface area contributed by atoms with Gasteiger partial charge in [0, 0.05) is 24.0 Å². The molecule has 0 saturated heterocycles. The molecule has 0 spiro atoms. The molecular formula is C29H33N3O4. The van der Waals surface area contributed by atoms with Gasteiger partial charge in [-0.3, -0.25) is 19.5 Å². The van der Waals surface area contributed by atoms with Crippen LogP contribution in [0.4, 0.5) is 5.69 Å². The first kappa shape index (κ1) is 25.2. The van der Waals surface area contributed by atoms with Gasteiger partial charge in [0.2, 0.25) is 5.91 Å². The van der Waals surface area contributed by atoms with E-state index in [1.165, 1.54) is 11.3 Å². The Kier molecular flexibility index (Phi) is 8.55. The molecule has 3 aromatic rings. The summed E-state index contributed by atoms with van der Waals surface area (Å²) in [5.41, 5.74) is 1.44. The van der Waals surface area contributed by atoms with E-state index in [-0.39, 0.29) is 23.6 Å². The lowest BCUT2D eigenvalue weighted by Crippen LogP contribution is -2.47. The summed E-state index contributed by atoms with van der Waals surface area (Å²) < 4.78 is 11.2. The maximum absolute atomic E-state index is 14.0. The Morgan fingerprint density at radius 2 is 1.78 bits per heavy atom. The Hall–Kier alpha value is -3.87. The van der Waals surface area contributed by atoms with Crippen molar-refractivity contribution in [3.8, 4) is 11.5 Å². The average molecular weight is 488 g/mol. The van der Waals surface area contributed by atoms with Gasteiger partial charge in [0.25, 0.3) is 5.91 Å². The second-order valence-electron chi connectivity index (χ2n) is 8.84. The summed E-state index contributed by atoms with van der Waals surface area (Å²) in [4.78, 5) is 33.8. The standard InChI is InChI=1S/C29H33N3O4/c1-3-36-25-16-10-14-23(20-25)32(29(34)26-17-7-8-18-30-26)27(21-11-9-15-24(19-21)35-2)28(33)31-22-12-5-4-6-13-22/h7-11,14-20,22,27H,3-6,12-13H2,1-2H3,(H,31,33)/t27-/m0/s1. The van der Waals surface area contributed by atoms with Gasteiger partial charge in [-0.2, -0.15) is 0 Å². The van der Waals surface area contributed by atoms with Crippen molar-refractivity contribution in [2.24, 2.45) is 0 Å². The molecule has 1 atom stereocenters. The molecule has 0 radical (unpaired) electrons.